The van der Waals surface area contributed by atoms with Gasteiger partial charge in [-0.15, -0.1) is 0 Å². The van der Waals surface area contributed by atoms with Crippen LogP contribution in [-0.4, -0.2) is 11.2 Å². The van der Waals surface area contributed by atoms with E-state index in [1.54, 1.807) is 12.1 Å². The molecular weight excluding hydrogens is 196 g/mol. The normalized spacial score (nSPS) is 12.1. The van der Waals surface area contributed by atoms with E-state index in [0.717, 1.165) is 6.42 Å². The molecule has 0 aliphatic heterocycles. The SMILES string of the molecule is CCC(C)SOC(=O)c1ccccc1. The van der Waals surface area contributed by atoms with Gasteiger partial charge in [0.15, 0.2) is 0 Å². The van der Waals surface area contributed by atoms with Gasteiger partial charge in [-0.05, 0) is 18.6 Å². The summed E-state index contributed by atoms with van der Waals surface area (Å²) >= 11 is 1.23. The summed E-state index contributed by atoms with van der Waals surface area (Å²) in [4.78, 5) is 11.4. The molecular formula is C11H14O2S. The number of hydrogen-bond acceptors (Lipinski definition) is 3. The van der Waals surface area contributed by atoms with Gasteiger partial charge in [-0.2, -0.15) is 0 Å². The Morgan fingerprint density at radius 3 is 2.64 bits per heavy atom. The third-order valence-electron chi connectivity index (χ3n) is 1.87. The van der Waals surface area contributed by atoms with Crippen LogP contribution in [-0.2, 0) is 4.18 Å². The lowest BCUT2D eigenvalue weighted by Crippen LogP contribution is -2.03. The van der Waals surface area contributed by atoms with Crippen molar-refractivity contribution in [3.05, 3.63) is 35.9 Å². The number of carbonyl (C=O) groups excluding carboxylic acids is 1. The predicted molar refractivity (Wildman–Crippen MR) is 59.2 cm³/mol. The second-order valence-corrected chi connectivity index (χ2v) is 4.22. The summed E-state index contributed by atoms with van der Waals surface area (Å²) in [5, 5.41) is 0.350. The van der Waals surface area contributed by atoms with Crippen molar-refractivity contribution < 1.29 is 8.98 Å². The molecule has 1 atom stereocenters. The van der Waals surface area contributed by atoms with Crippen LogP contribution in [0.2, 0.25) is 0 Å². The van der Waals surface area contributed by atoms with E-state index in [-0.39, 0.29) is 5.97 Å². The molecule has 0 bridgehead atoms. The molecule has 1 rings (SSSR count). The summed E-state index contributed by atoms with van der Waals surface area (Å²) in [5.41, 5.74) is 0.600. The quantitative estimate of drug-likeness (QED) is 0.713. The molecule has 0 fully saturated rings. The Bertz CT molecular complexity index is 285. The first kappa shape index (κ1) is 11.1. The molecule has 0 saturated heterocycles. The molecule has 0 spiro atoms. The first-order valence-electron chi connectivity index (χ1n) is 4.66. The van der Waals surface area contributed by atoms with Crippen LogP contribution in [0.4, 0.5) is 0 Å². The molecule has 0 aromatic heterocycles. The Morgan fingerprint density at radius 2 is 2.07 bits per heavy atom. The highest BCUT2D eigenvalue weighted by Gasteiger charge is 2.08. The number of rotatable bonds is 4. The summed E-state index contributed by atoms with van der Waals surface area (Å²) in [6, 6.07) is 9.02. The van der Waals surface area contributed by atoms with Crippen molar-refractivity contribution in [3.8, 4) is 0 Å². The van der Waals surface area contributed by atoms with Crippen LogP contribution in [0, 0.1) is 0 Å². The Hall–Kier alpha value is -0.960. The molecule has 2 nitrogen and oxygen atoms in total. The molecule has 0 aliphatic carbocycles. The fraction of sp³-hybridized carbons (Fsp3) is 0.364. The lowest BCUT2D eigenvalue weighted by molar-refractivity contribution is 0.0767. The maximum Gasteiger partial charge on any atom is 0.350 e. The lowest BCUT2D eigenvalue weighted by Gasteiger charge is -2.06. The fourth-order valence-corrected chi connectivity index (χ4v) is 1.30. The summed E-state index contributed by atoms with van der Waals surface area (Å²) in [7, 11) is 0. The Kier molecular flexibility index (Phi) is 4.53. The van der Waals surface area contributed by atoms with Crippen LogP contribution in [0.1, 0.15) is 30.6 Å². The average molecular weight is 210 g/mol. The second kappa shape index (κ2) is 5.70. The largest absolute Gasteiger partial charge is 0.387 e. The van der Waals surface area contributed by atoms with Crippen LogP contribution in [0.3, 0.4) is 0 Å². The van der Waals surface area contributed by atoms with Gasteiger partial charge >= 0.3 is 5.97 Å². The molecule has 0 heterocycles. The molecule has 1 unspecified atom stereocenters. The zero-order valence-electron chi connectivity index (χ0n) is 8.40. The van der Waals surface area contributed by atoms with Crippen molar-refractivity contribution in [2.45, 2.75) is 25.5 Å². The molecule has 0 N–H and O–H groups in total. The van der Waals surface area contributed by atoms with E-state index in [4.69, 9.17) is 4.18 Å². The summed E-state index contributed by atoms with van der Waals surface area (Å²) < 4.78 is 5.06. The lowest BCUT2D eigenvalue weighted by atomic mass is 10.2. The number of hydrogen-bond donors (Lipinski definition) is 0. The van der Waals surface area contributed by atoms with E-state index in [0.29, 0.717) is 10.8 Å². The van der Waals surface area contributed by atoms with Crippen molar-refractivity contribution in [1.29, 1.82) is 0 Å². The van der Waals surface area contributed by atoms with Gasteiger partial charge in [-0.1, -0.05) is 32.0 Å². The van der Waals surface area contributed by atoms with Crippen molar-refractivity contribution in [1.82, 2.24) is 0 Å². The molecule has 14 heavy (non-hydrogen) atoms. The molecule has 1 aromatic carbocycles. The maximum absolute atomic E-state index is 11.4. The molecule has 0 amide bonds. The van der Waals surface area contributed by atoms with E-state index in [2.05, 4.69) is 6.92 Å². The molecule has 0 aliphatic rings. The minimum absolute atomic E-state index is 0.268. The Labute approximate surface area is 88.9 Å². The standard InChI is InChI=1S/C11H14O2S/c1-3-9(2)14-13-11(12)10-7-5-4-6-8-10/h4-9H,3H2,1-2H3. The summed E-state index contributed by atoms with van der Waals surface area (Å²) in [5.74, 6) is -0.268. The highest BCUT2D eigenvalue weighted by Crippen LogP contribution is 2.17. The van der Waals surface area contributed by atoms with Crippen LogP contribution in [0.25, 0.3) is 0 Å². The monoisotopic (exact) mass is 210 g/mol. The van der Waals surface area contributed by atoms with Crippen LogP contribution in [0.15, 0.2) is 30.3 Å². The predicted octanol–water partition coefficient (Wildman–Crippen LogP) is 3.29. The molecule has 76 valence electrons. The maximum atomic E-state index is 11.4. The van der Waals surface area contributed by atoms with Crippen LogP contribution < -0.4 is 0 Å². The summed E-state index contributed by atoms with van der Waals surface area (Å²) in [6.07, 6.45) is 0.993. The number of benzene rings is 1. The fourth-order valence-electron chi connectivity index (χ4n) is 0.816. The van der Waals surface area contributed by atoms with Gasteiger partial charge in [-0.3, -0.25) is 0 Å². The van der Waals surface area contributed by atoms with Gasteiger partial charge in [0.25, 0.3) is 0 Å². The van der Waals surface area contributed by atoms with E-state index in [9.17, 15) is 4.79 Å². The average Bonchev–Trinajstić information content (AvgIpc) is 2.26. The highest BCUT2D eigenvalue weighted by atomic mass is 32.2. The third-order valence-corrected chi connectivity index (χ3v) is 2.78. The first-order chi connectivity index (χ1) is 6.74. The van der Waals surface area contributed by atoms with Crippen LogP contribution in [0.5, 0.6) is 0 Å². The van der Waals surface area contributed by atoms with E-state index in [1.807, 2.05) is 25.1 Å². The van der Waals surface area contributed by atoms with Gasteiger partial charge in [0.2, 0.25) is 0 Å². The molecule has 1 aromatic rings. The van der Waals surface area contributed by atoms with Gasteiger partial charge in [0.05, 0.1) is 17.6 Å². The first-order valence-corrected chi connectivity index (χ1v) is 5.47. The minimum atomic E-state index is -0.268. The van der Waals surface area contributed by atoms with E-state index in [1.165, 1.54) is 12.0 Å². The van der Waals surface area contributed by atoms with E-state index >= 15 is 0 Å². The third kappa shape index (κ3) is 3.42. The van der Waals surface area contributed by atoms with E-state index < -0.39 is 0 Å². The van der Waals surface area contributed by atoms with Crippen molar-refractivity contribution in [2.24, 2.45) is 0 Å². The minimum Gasteiger partial charge on any atom is -0.387 e. The zero-order chi connectivity index (χ0) is 10.4. The summed E-state index contributed by atoms with van der Waals surface area (Å²) in [6.45, 7) is 4.09. The number of carbonyl (C=O) groups is 1. The van der Waals surface area contributed by atoms with Gasteiger partial charge in [0, 0.05) is 5.25 Å². The van der Waals surface area contributed by atoms with Crippen molar-refractivity contribution >= 4 is 18.0 Å². The van der Waals surface area contributed by atoms with Crippen molar-refractivity contribution in [3.63, 3.8) is 0 Å². The van der Waals surface area contributed by atoms with Crippen molar-refractivity contribution in [2.75, 3.05) is 0 Å². The van der Waals surface area contributed by atoms with Crippen LogP contribution >= 0.6 is 12.0 Å². The molecule has 3 heteroatoms. The van der Waals surface area contributed by atoms with Gasteiger partial charge in [-0.25, -0.2) is 4.79 Å². The Balaban J connectivity index is 2.44. The van der Waals surface area contributed by atoms with Gasteiger partial charge in [0.1, 0.15) is 0 Å². The highest BCUT2D eigenvalue weighted by molar-refractivity contribution is 7.95. The topological polar surface area (TPSA) is 26.3 Å². The molecule has 0 saturated carbocycles. The molecule has 0 radical (unpaired) electrons. The smallest absolute Gasteiger partial charge is 0.350 e. The second-order valence-electron chi connectivity index (χ2n) is 3.05. The van der Waals surface area contributed by atoms with Gasteiger partial charge < -0.3 is 4.18 Å². The zero-order valence-corrected chi connectivity index (χ0v) is 9.21. The Morgan fingerprint density at radius 1 is 1.43 bits per heavy atom.